The summed E-state index contributed by atoms with van der Waals surface area (Å²) in [7, 11) is 0. The Morgan fingerprint density at radius 3 is 2.21 bits per heavy atom. The van der Waals surface area contributed by atoms with Gasteiger partial charge >= 0.3 is 0 Å². The minimum atomic E-state index is 0.0234. The maximum atomic E-state index is 12.5. The summed E-state index contributed by atoms with van der Waals surface area (Å²) in [5, 5.41) is 0.999. The highest BCUT2D eigenvalue weighted by molar-refractivity contribution is 7.97. The molecule has 0 aliphatic carbocycles. The molecule has 29 heavy (non-hydrogen) atoms. The summed E-state index contributed by atoms with van der Waals surface area (Å²) in [6.07, 6.45) is 3.38. The van der Waals surface area contributed by atoms with Crippen LogP contribution in [0.4, 0.5) is 0 Å². The van der Waals surface area contributed by atoms with E-state index >= 15 is 0 Å². The summed E-state index contributed by atoms with van der Waals surface area (Å²) in [5.41, 5.74) is 2.37. The van der Waals surface area contributed by atoms with Crippen molar-refractivity contribution >= 4 is 47.1 Å². The molecule has 1 aliphatic heterocycles. The van der Waals surface area contributed by atoms with Gasteiger partial charge in [0, 0.05) is 37.2 Å². The molecular weight excluding hydrogens is 423 g/mol. The number of piperazine rings is 1. The predicted molar refractivity (Wildman–Crippen MR) is 125 cm³/mol. The minimum absolute atomic E-state index is 0.0234. The summed E-state index contributed by atoms with van der Waals surface area (Å²) in [6.45, 7) is 9.80. The van der Waals surface area contributed by atoms with Crippen LogP contribution in [-0.4, -0.2) is 41.3 Å². The van der Waals surface area contributed by atoms with Gasteiger partial charge in [0.25, 0.3) is 0 Å². The largest absolute Gasteiger partial charge is 0.337 e. The number of hydrogen-bond donors (Lipinski definition) is 0. The van der Waals surface area contributed by atoms with E-state index in [9.17, 15) is 4.79 Å². The van der Waals surface area contributed by atoms with Crippen LogP contribution in [0.5, 0.6) is 0 Å². The average Bonchev–Trinajstić information content (AvgIpc) is 2.69. The predicted octanol–water partition coefficient (Wildman–Crippen LogP) is 6.16. The van der Waals surface area contributed by atoms with Crippen LogP contribution in [0.15, 0.2) is 53.4 Å². The molecule has 1 fully saturated rings. The fraction of sp³-hybridized carbons (Fsp3) is 0.348. The Hall–Kier alpha value is -1.46. The Kier molecular flexibility index (Phi) is 7.33. The van der Waals surface area contributed by atoms with Crippen molar-refractivity contribution in [2.75, 3.05) is 26.2 Å². The molecule has 6 heteroatoms. The minimum Gasteiger partial charge on any atom is -0.337 e. The molecule has 3 rings (SSSR count). The van der Waals surface area contributed by atoms with E-state index in [1.54, 1.807) is 36.2 Å². The first kappa shape index (κ1) is 22.2. The second kappa shape index (κ2) is 9.57. The zero-order chi connectivity index (χ0) is 21.0. The number of nitrogens with zero attached hydrogens (tertiary/aromatic N) is 2. The molecule has 1 saturated heterocycles. The fourth-order valence-electron chi connectivity index (χ4n) is 3.05. The molecule has 0 spiro atoms. The van der Waals surface area contributed by atoms with Gasteiger partial charge in [0.2, 0.25) is 5.91 Å². The SMILES string of the molecule is CC(C)(C)c1ccc(SN2CCN(C(=O)/C=C/c3ccc(Cl)c(Cl)c3)CC2)cc1. The topological polar surface area (TPSA) is 23.6 Å². The number of benzene rings is 2. The maximum Gasteiger partial charge on any atom is 0.246 e. The number of carbonyl (C=O) groups excluding carboxylic acids is 1. The normalized spacial score (nSPS) is 15.8. The van der Waals surface area contributed by atoms with Crippen LogP contribution >= 0.6 is 35.1 Å². The van der Waals surface area contributed by atoms with Crippen LogP contribution in [0.1, 0.15) is 31.9 Å². The highest BCUT2D eigenvalue weighted by atomic mass is 35.5. The van der Waals surface area contributed by atoms with Gasteiger partial charge in [0.1, 0.15) is 0 Å². The molecule has 1 amide bonds. The molecule has 1 aliphatic rings. The third kappa shape index (κ3) is 6.26. The zero-order valence-corrected chi connectivity index (χ0v) is 19.3. The smallest absolute Gasteiger partial charge is 0.246 e. The third-order valence-corrected chi connectivity index (χ3v) is 6.71. The van der Waals surface area contributed by atoms with Crippen LogP contribution in [0.25, 0.3) is 6.08 Å². The molecule has 0 N–H and O–H groups in total. The van der Waals surface area contributed by atoms with Crippen molar-refractivity contribution in [3.63, 3.8) is 0 Å². The molecule has 2 aromatic rings. The van der Waals surface area contributed by atoms with Crippen LogP contribution in [0.2, 0.25) is 10.0 Å². The van der Waals surface area contributed by atoms with E-state index in [0.717, 1.165) is 31.7 Å². The molecule has 2 aromatic carbocycles. The average molecular weight is 449 g/mol. The van der Waals surface area contributed by atoms with Crippen molar-refractivity contribution in [2.24, 2.45) is 0 Å². The lowest BCUT2D eigenvalue weighted by molar-refractivity contribution is -0.127. The van der Waals surface area contributed by atoms with E-state index in [0.29, 0.717) is 10.0 Å². The number of hydrogen-bond acceptors (Lipinski definition) is 3. The lowest BCUT2D eigenvalue weighted by atomic mass is 9.87. The fourth-order valence-corrected chi connectivity index (χ4v) is 4.26. The number of halogens is 2. The maximum absolute atomic E-state index is 12.5. The van der Waals surface area contributed by atoms with E-state index in [1.165, 1.54) is 10.5 Å². The lowest BCUT2D eigenvalue weighted by Crippen LogP contribution is -2.45. The van der Waals surface area contributed by atoms with Crippen molar-refractivity contribution in [2.45, 2.75) is 31.1 Å². The third-order valence-electron chi connectivity index (χ3n) is 4.87. The molecule has 0 saturated carbocycles. The zero-order valence-electron chi connectivity index (χ0n) is 17.0. The van der Waals surface area contributed by atoms with E-state index in [4.69, 9.17) is 23.2 Å². The molecule has 0 unspecified atom stereocenters. The quantitative estimate of drug-likeness (QED) is 0.413. The Morgan fingerprint density at radius 2 is 1.62 bits per heavy atom. The van der Waals surface area contributed by atoms with Crippen molar-refractivity contribution in [3.8, 4) is 0 Å². The molecule has 0 bridgehead atoms. The van der Waals surface area contributed by atoms with E-state index < -0.39 is 0 Å². The molecule has 1 heterocycles. The monoisotopic (exact) mass is 448 g/mol. The number of amides is 1. The summed E-state index contributed by atoms with van der Waals surface area (Å²) < 4.78 is 2.32. The first-order valence-corrected chi connectivity index (χ1v) is 11.2. The summed E-state index contributed by atoms with van der Waals surface area (Å²) in [5.74, 6) is 0.0234. The number of carbonyl (C=O) groups is 1. The first-order valence-electron chi connectivity index (χ1n) is 9.68. The van der Waals surface area contributed by atoms with Crippen molar-refractivity contribution in [1.29, 1.82) is 0 Å². The molecular formula is C23H26Cl2N2OS. The van der Waals surface area contributed by atoms with Crippen LogP contribution in [0, 0.1) is 0 Å². The van der Waals surface area contributed by atoms with E-state index in [-0.39, 0.29) is 11.3 Å². The van der Waals surface area contributed by atoms with Crippen LogP contribution < -0.4 is 0 Å². The molecule has 0 radical (unpaired) electrons. The Bertz CT molecular complexity index is 883. The molecule has 3 nitrogen and oxygen atoms in total. The molecule has 154 valence electrons. The van der Waals surface area contributed by atoms with Crippen LogP contribution in [0.3, 0.4) is 0 Å². The summed E-state index contributed by atoms with van der Waals surface area (Å²) in [4.78, 5) is 15.6. The Labute approximate surface area is 187 Å². The molecule has 0 aromatic heterocycles. The second-order valence-corrected chi connectivity index (χ2v) is 10.1. The van der Waals surface area contributed by atoms with Crippen molar-refractivity contribution in [1.82, 2.24) is 9.21 Å². The van der Waals surface area contributed by atoms with Gasteiger partial charge in [-0.05, 0) is 58.8 Å². The summed E-state index contributed by atoms with van der Waals surface area (Å²) >= 11 is 13.7. The van der Waals surface area contributed by atoms with Gasteiger partial charge in [0.15, 0.2) is 0 Å². The lowest BCUT2D eigenvalue weighted by Gasteiger charge is -2.33. The van der Waals surface area contributed by atoms with Gasteiger partial charge in [-0.25, -0.2) is 4.31 Å². The first-order chi connectivity index (χ1) is 13.7. The van der Waals surface area contributed by atoms with E-state index in [1.807, 2.05) is 11.0 Å². The highest BCUT2D eigenvalue weighted by Gasteiger charge is 2.20. The van der Waals surface area contributed by atoms with Crippen molar-refractivity contribution in [3.05, 3.63) is 69.7 Å². The van der Waals surface area contributed by atoms with E-state index in [2.05, 4.69) is 49.3 Å². The number of rotatable bonds is 4. The van der Waals surface area contributed by atoms with Crippen LogP contribution in [-0.2, 0) is 10.2 Å². The van der Waals surface area contributed by atoms with Gasteiger partial charge < -0.3 is 4.90 Å². The van der Waals surface area contributed by atoms with Gasteiger partial charge in [0.05, 0.1) is 10.0 Å². The van der Waals surface area contributed by atoms with Gasteiger partial charge in [-0.15, -0.1) is 0 Å². The summed E-state index contributed by atoms with van der Waals surface area (Å²) in [6, 6.07) is 14.1. The standard InChI is InChI=1S/C23H26Cl2N2OS/c1-23(2,3)18-6-8-19(9-7-18)29-27-14-12-26(13-15-27)22(28)11-5-17-4-10-20(24)21(25)16-17/h4-11,16H,12-15H2,1-3H3/b11-5+. The highest BCUT2D eigenvalue weighted by Crippen LogP contribution is 2.28. The van der Waals surface area contributed by atoms with Gasteiger partial charge in [-0.1, -0.05) is 62.2 Å². The Morgan fingerprint density at radius 1 is 0.966 bits per heavy atom. The van der Waals surface area contributed by atoms with Gasteiger partial charge in [-0.3, -0.25) is 4.79 Å². The molecule has 0 atom stereocenters. The Balaban J connectivity index is 1.50. The van der Waals surface area contributed by atoms with Gasteiger partial charge in [-0.2, -0.15) is 0 Å². The van der Waals surface area contributed by atoms with Crippen molar-refractivity contribution < 1.29 is 4.79 Å². The second-order valence-electron chi connectivity index (χ2n) is 8.13.